The molecule has 9 nitrogen and oxygen atoms in total. The van der Waals surface area contributed by atoms with Crippen molar-refractivity contribution in [3.05, 3.63) is 30.5 Å². The maximum absolute atomic E-state index is 12.4. The van der Waals surface area contributed by atoms with Gasteiger partial charge in [0.05, 0.1) is 17.2 Å². The predicted molar refractivity (Wildman–Crippen MR) is 111 cm³/mol. The predicted octanol–water partition coefficient (Wildman–Crippen LogP) is 0.521. The molecule has 1 saturated heterocycles. The number of nitrogens with one attached hydrogen (secondary N) is 3. The fourth-order valence-corrected chi connectivity index (χ4v) is 3.30. The van der Waals surface area contributed by atoms with Crippen LogP contribution in [0.3, 0.4) is 0 Å². The Balaban J connectivity index is 0.00000225. The third-order valence-corrected chi connectivity index (χ3v) is 4.83. The molecule has 2 aromatic heterocycles. The maximum Gasteiger partial charge on any atom is 0.242 e. The Morgan fingerprint density at radius 1 is 1.29 bits per heavy atom. The second kappa shape index (κ2) is 9.13. The Morgan fingerprint density at radius 2 is 2.07 bits per heavy atom. The van der Waals surface area contributed by atoms with Crippen molar-refractivity contribution in [2.24, 2.45) is 0 Å². The van der Waals surface area contributed by atoms with E-state index in [0.717, 1.165) is 49.1 Å². The lowest BCUT2D eigenvalue weighted by Crippen LogP contribution is -2.47. The summed E-state index contributed by atoms with van der Waals surface area (Å²) in [6.07, 6.45) is 1.70. The first-order chi connectivity index (χ1) is 13.2. The molecule has 3 N–H and O–H groups in total. The van der Waals surface area contributed by atoms with Crippen molar-refractivity contribution in [1.82, 2.24) is 35.3 Å². The van der Waals surface area contributed by atoms with Gasteiger partial charge in [0.2, 0.25) is 11.9 Å². The number of carbonyl (C=O) groups excluding carboxylic acids is 1. The van der Waals surface area contributed by atoms with E-state index in [-0.39, 0.29) is 18.3 Å². The van der Waals surface area contributed by atoms with Crippen molar-refractivity contribution in [3.8, 4) is 0 Å². The number of fused-ring (bicyclic) bond motifs is 3. The van der Waals surface area contributed by atoms with E-state index in [4.69, 9.17) is 0 Å². The zero-order chi connectivity index (χ0) is 18.6. The smallest absolute Gasteiger partial charge is 0.242 e. The third-order valence-electron chi connectivity index (χ3n) is 4.83. The molecule has 0 spiro atoms. The SMILES string of the molecule is C[C@@H](Nc1nc2ccccc2c2cnnn12)C(=O)NCCN1CCNCC1.Cl. The van der Waals surface area contributed by atoms with Crippen molar-refractivity contribution in [2.45, 2.75) is 13.0 Å². The van der Waals surface area contributed by atoms with Crippen LogP contribution in [0.25, 0.3) is 16.4 Å². The topological polar surface area (TPSA) is 99.5 Å². The first kappa shape index (κ1) is 20.2. The molecule has 28 heavy (non-hydrogen) atoms. The molecule has 1 atom stereocenters. The van der Waals surface area contributed by atoms with Gasteiger partial charge in [-0.3, -0.25) is 9.69 Å². The van der Waals surface area contributed by atoms with Gasteiger partial charge in [0.1, 0.15) is 6.04 Å². The number of piperazine rings is 1. The van der Waals surface area contributed by atoms with E-state index in [2.05, 4.69) is 36.1 Å². The number of hydrogen-bond donors (Lipinski definition) is 3. The van der Waals surface area contributed by atoms with E-state index in [0.29, 0.717) is 12.5 Å². The number of halogens is 1. The van der Waals surface area contributed by atoms with Gasteiger partial charge in [-0.25, -0.2) is 4.98 Å². The molecule has 3 heterocycles. The molecular formula is C18H25ClN8O. The monoisotopic (exact) mass is 404 g/mol. The minimum absolute atomic E-state index is 0. The zero-order valence-corrected chi connectivity index (χ0v) is 16.6. The largest absolute Gasteiger partial charge is 0.353 e. The number of nitrogens with zero attached hydrogens (tertiary/aromatic N) is 5. The maximum atomic E-state index is 12.4. The van der Waals surface area contributed by atoms with Crippen LogP contribution in [-0.2, 0) is 4.79 Å². The highest BCUT2D eigenvalue weighted by Crippen LogP contribution is 2.20. The van der Waals surface area contributed by atoms with E-state index in [1.807, 2.05) is 31.2 Å². The van der Waals surface area contributed by atoms with Gasteiger partial charge < -0.3 is 16.0 Å². The molecule has 0 unspecified atom stereocenters. The second-order valence-corrected chi connectivity index (χ2v) is 6.73. The first-order valence-corrected chi connectivity index (χ1v) is 9.29. The molecule has 3 aromatic rings. The molecular weight excluding hydrogens is 380 g/mol. The van der Waals surface area contributed by atoms with Crippen molar-refractivity contribution >= 4 is 40.7 Å². The summed E-state index contributed by atoms with van der Waals surface area (Å²) in [5, 5.41) is 18.5. The number of anilines is 1. The molecule has 0 saturated carbocycles. The van der Waals surface area contributed by atoms with Crippen LogP contribution in [0.1, 0.15) is 6.92 Å². The molecule has 1 aliphatic rings. The van der Waals surface area contributed by atoms with E-state index in [1.165, 1.54) is 0 Å². The highest BCUT2D eigenvalue weighted by molar-refractivity contribution is 5.94. The Bertz CT molecular complexity index is 940. The van der Waals surface area contributed by atoms with E-state index >= 15 is 0 Å². The summed E-state index contributed by atoms with van der Waals surface area (Å²) in [5.74, 6) is 0.444. The number of amides is 1. The normalized spacial score (nSPS) is 15.9. The lowest BCUT2D eigenvalue weighted by atomic mass is 10.2. The number of benzene rings is 1. The summed E-state index contributed by atoms with van der Waals surface area (Å²) in [5.41, 5.74) is 1.69. The highest BCUT2D eigenvalue weighted by atomic mass is 35.5. The molecule has 0 aliphatic carbocycles. The Morgan fingerprint density at radius 3 is 2.89 bits per heavy atom. The van der Waals surface area contributed by atoms with Crippen LogP contribution in [0, 0.1) is 0 Å². The van der Waals surface area contributed by atoms with Gasteiger partial charge in [0.25, 0.3) is 0 Å². The standard InChI is InChI=1S/C18H24N8O.ClH/c1-13(17(27)20-8-11-25-9-6-19-7-10-25)22-18-23-15-5-3-2-4-14(15)16-12-21-24-26(16)18;/h2-5,12-13,19H,6-11H2,1H3,(H,20,27)(H,22,23);1H/t13-;/m1./s1. The number of carbonyl (C=O) groups is 1. The zero-order valence-electron chi connectivity index (χ0n) is 15.8. The highest BCUT2D eigenvalue weighted by Gasteiger charge is 2.17. The Labute approximate surface area is 169 Å². The van der Waals surface area contributed by atoms with Crippen LogP contribution in [0.2, 0.25) is 0 Å². The van der Waals surface area contributed by atoms with Gasteiger partial charge in [-0.1, -0.05) is 23.4 Å². The van der Waals surface area contributed by atoms with Gasteiger partial charge in [0, 0.05) is 44.7 Å². The quantitative estimate of drug-likeness (QED) is 0.550. The minimum atomic E-state index is -0.436. The van der Waals surface area contributed by atoms with Gasteiger partial charge in [-0.05, 0) is 13.0 Å². The van der Waals surface area contributed by atoms with Crippen molar-refractivity contribution in [3.63, 3.8) is 0 Å². The fraction of sp³-hybridized carbons (Fsp3) is 0.444. The lowest BCUT2D eigenvalue weighted by molar-refractivity contribution is -0.121. The molecule has 0 radical (unpaired) electrons. The van der Waals surface area contributed by atoms with Crippen LogP contribution in [0.15, 0.2) is 30.5 Å². The van der Waals surface area contributed by atoms with Crippen LogP contribution >= 0.6 is 12.4 Å². The molecule has 150 valence electrons. The van der Waals surface area contributed by atoms with Crippen molar-refractivity contribution in [2.75, 3.05) is 44.6 Å². The number of rotatable bonds is 6. The lowest BCUT2D eigenvalue weighted by Gasteiger charge is -2.27. The van der Waals surface area contributed by atoms with Gasteiger partial charge in [0.15, 0.2) is 0 Å². The summed E-state index contributed by atoms with van der Waals surface area (Å²) >= 11 is 0. The second-order valence-electron chi connectivity index (χ2n) is 6.73. The van der Waals surface area contributed by atoms with E-state index in [1.54, 1.807) is 10.7 Å². The van der Waals surface area contributed by atoms with Crippen LogP contribution in [0.4, 0.5) is 5.95 Å². The van der Waals surface area contributed by atoms with E-state index in [9.17, 15) is 4.79 Å². The first-order valence-electron chi connectivity index (χ1n) is 9.29. The Hall–Kier alpha value is -2.49. The summed E-state index contributed by atoms with van der Waals surface area (Å²) in [7, 11) is 0. The number of aromatic nitrogens is 4. The average Bonchev–Trinajstić information content (AvgIpc) is 3.19. The molecule has 10 heteroatoms. The van der Waals surface area contributed by atoms with Gasteiger partial charge in [-0.2, -0.15) is 4.52 Å². The third kappa shape index (κ3) is 4.32. The van der Waals surface area contributed by atoms with Crippen LogP contribution in [0.5, 0.6) is 0 Å². The minimum Gasteiger partial charge on any atom is -0.353 e. The van der Waals surface area contributed by atoms with Crippen molar-refractivity contribution in [1.29, 1.82) is 0 Å². The molecule has 0 bridgehead atoms. The molecule has 1 amide bonds. The number of para-hydroxylation sites is 1. The number of hydrogen-bond acceptors (Lipinski definition) is 7. The average molecular weight is 405 g/mol. The summed E-state index contributed by atoms with van der Waals surface area (Å²) < 4.78 is 1.63. The van der Waals surface area contributed by atoms with Crippen LogP contribution in [-0.4, -0.2) is 75.9 Å². The summed E-state index contributed by atoms with van der Waals surface area (Å²) in [6.45, 7) is 7.38. The van der Waals surface area contributed by atoms with Gasteiger partial charge >= 0.3 is 0 Å². The molecule has 1 fully saturated rings. The van der Waals surface area contributed by atoms with Crippen molar-refractivity contribution < 1.29 is 4.79 Å². The fourth-order valence-electron chi connectivity index (χ4n) is 3.30. The van der Waals surface area contributed by atoms with Gasteiger partial charge in [-0.15, -0.1) is 17.5 Å². The summed E-state index contributed by atoms with van der Waals surface area (Å²) in [6, 6.07) is 7.38. The summed E-state index contributed by atoms with van der Waals surface area (Å²) in [4.78, 5) is 19.4. The molecule has 1 aliphatic heterocycles. The molecule has 1 aromatic carbocycles. The molecule has 4 rings (SSSR count). The van der Waals surface area contributed by atoms with Crippen LogP contribution < -0.4 is 16.0 Å². The van der Waals surface area contributed by atoms with E-state index < -0.39 is 6.04 Å². The Kier molecular flexibility index (Phi) is 6.61.